The molecule has 1 heterocycles. The van der Waals surface area contributed by atoms with Gasteiger partial charge in [0.25, 0.3) is 0 Å². The largest absolute Gasteiger partial charge is 0.496 e. The van der Waals surface area contributed by atoms with Gasteiger partial charge in [-0.1, -0.05) is 6.07 Å². The van der Waals surface area contributed by atoms with E-state index in [-0.39, 0.29) is 12.1 Å². The molecule has 1 aliphatic rings. The summed E-state index contributed by atoms with van der Waals surface area (Å²) in [4.78, 5) is 13.5. The first-order chi connectivity index (χ1) is 8.56. The van der Waals surface area contributed by atoms with Crippen LogP contribution in [0.3, 0.4) is 0 Å². The van der Waals surface area contributed by atoms with Gasteiger partial charge in [-0.25, -0.2) is 4.79 Å². The Morgan fingerprint density at radius 1 is 1.44 bits per heavy atom. The lowest BCUT2D eigenvalue weighted by Crippen LogP contribution is -2.27. The number of carbonyl (C=O) groups is 1. The normalized spacial score (nSPS) is 19.0. The number of methoxy groups -OCH3 is 1. The molecule has 1 N–H and O–H groups in total. The predicted molar refractivity (Wildman–Crippen MR) is 71.0 cm³/mol. The number of benzene rings is 1. The zero-order valence-electron chi connectivity index (χ0n) is 11.4. The topological polar surface area (TPSA) is 41.6 Å². The smallest absolute Gasteiger partial charge is 0.318 e. The molecule has 0 saturated carbocycles. The molecule has 1 aromatic carbocycles. The van der Waals surface area contributed by atoms with Crippen molar-refractivity contribution < 1.29 is 9.53 Å². The summed E-state index contributed by atoms with van der Waals surface area (Å²) >= 11 is 0. The van der Waals surface area contributed by atoms with Crippen molar-refractivity contribution in [3.05, 3.63) is 28.8 Å². The molecule has 1 fully saturated rings. The molecule has 0 aliphatic carbocycles. The average molecular weight is 248 g/mol. The second-order valence-corrected chi connectivity index (χ2v) is 4.74. The molecule has 1 atom stereocenters. The van der Waals surface area contributed by atoms with Gasteiger partial charge in [0.05, 0.1) is 13.2 Å². The van der Waals surface area contributed by atoms with Crippen molar-refractivity contribution in [2.75, 3.05) is 20.2 Å². The number of hydrogen-bond acceptors (Lipinski definition) is 2. The first-order valence-corrected chi connectivity index (χ1v) is 6.27. The van der Waals surface area contributed by atoms with Gasteiger partial charge in [0, 0.05) is 18.7 Å². The minimum Gasteiger partial charge on any atom is -0.496 e. The van der Waals surface area contributed by atoms with Gasteiger partial charge >= 0.3 is 6.03 Å². The van der Waals surface area contributed by atoms with Crippen LogP contribution in [0.1, 0.15) is 29.7 Å². The summed E-state index contributed by atoms with van der Waals surface area (Å²) in [5, 5.41) is 3.01. The highest BCUT2D eigenvalue weighted by atomic mass is 16.5. The van der Waals surface area contributed by atoms with Crippen molar-refractivity contribution in [2.24, 2.45) is 0 Å². The number of amides is 2. The minimum atomic E-state index is 0.00419. The van der Waals surface area contributed by atoms with E-state index in [1.165, 1.54) is 5.56 Å². The monoisotopic (exact) mass is 248 g/mol. The molecule has 2 amide bonds. The van der Waals surface area contributed by atoms with Gasteiger partial charge in [-0.15, -0.1) is 0 Å². The average Bonchev–Trinajstić information content (AvgIpc) is 2.68. The Hall–Kier alpha value is -1.71. The number of rotatable bonds is 3. The zero-order valence-corrected chi connectivity index (χ0v) is 11.4. The Kier molecular flexibility index (Phi) is 3.45. The van der Waals surface area contributed by atoms with Crippen LogP contribution in [0, 0.1) is 13.8 Å². The molecule has 0 aromatic heterocycles. The molecule has 4 nitrogen and oxygen atoms in total. The van der Waals surface area contributed by atoms with E-state index in [0.29, 0.717) is 6.54 Å². The molecule has 1 aromatic rings. The molecule has 18 heavy (non-hydrogen) atoms. The number of nitrogens with zero attached hydrogens (tertiary/aromatic N) is 1. The van der Waals surface area contributed by atoms with Crippen LogP contribution in [0.4, 0.5) is 4.79 Å². The third kappa shape index (κ3) is 2.15. The van der Waals surface area contributed by atoms with Crippen molar-refractivity contribution in [2.45, 2.75) is 26.8 Å². The Bertz CT molecular complexity index is 471. The third-order valence-corrected chi connectivity index (χ3v) is 3.43. The Morgan fingerprint density at radius 2 is 2.17 bits per heavy atom. The molecule has 98 valence electrons. The maximum atomic E-state index is 11.7. The number of ether oxygens (including phenoxy) is 1. The fourth-order valence-corrected chi connectivity index (χ4v) is 2.58. The van der Waals surface area contributed by atoms with Crippen LogP contribution in [0.15, 0.2) is 12.1 Å². The first kappa shape index (κ1) is 12.7. The van der Waals surface area contributed by atoms with Crippen LogP contribution >= 0.6 is 0 Å². The van der Waals surface area contributed by atoms with Crippen LogP contribution in [-0.4, -0.2) is 31.1 Å². The number of likely N-dealkylation sites (N-methyl/N-ethyl adjacent to an activating group) is 1. The lowest BCUT2D eigenvalue weighted by atomic mass is 9.98. The summed E-state index contributed by atoms with van der Waals surface area (Å²) < 4.78 is 5.45. The van der Waals surface area contributed by atoms with Gasteiger partial charge in [0.15, 0.2) is 0 Å². The van der Waals surface area contributed by atoms with Crippen molar-refractivity contribution in [1.29, 1.82) is 0 Å². The second-order valence-electron chi connectivity index (χ2n) is 4.74. The number of hydrogen-bond donors (Lipinski definition) is 1. The lowest BCUT2D eigenvalue weighted by Gasteiger charge is -2.18. The van der Waals surface area contributed by atoms with Crippen LogP contribution < -0.4 is 10.1 Å². The zero-order chi connectivity index (χ0) is 13.3. The summed E-state index contributed by atoms with van der Waals surface area (Å²) in [6, 6.07) is 4.17. The molecule has 1 unspecified atom stereocenters. The Morgan fingerprint density at radius 3 is 2.72 bits per heavy atom. The van der Waals surface area contributed by atoms with Crippen LogP contribution in [-0.2, 0) is 0 Å². The predicted octanol–water partition coefficient (Wildman–Crippen LogP) is 2.40. The standard InChI is InChI=1S/C14H20N2O2/c1-5-16-8-11(15-14(16)17)13-10(3)6-9(2)7-12(13)18-4/h6-7,11H,5,8H2,1-4H3,(H,15,17). The molecule has 1 saturated heterocycles. The molecular formula is C14H20N2O2. The van der Waals surface area contributed by atoms with Gasteiger partial charge in [-0.3, -0.25) is 0 Å². The highest BCUT2D eigenvalue weighted by Gasteiger charge is 2.31. The van der Waals surface area contributed by atoms with E-state index in [4.69, 9.17) is 4.74 Å². The van der Waals surface area contributed by atoms with E-state index in [1.807, 2.05) is 24.8 Å². The summed E-state index contributed by atoms with van der Waals surface area (Å²) in [5.41, 5.74) is 3.42. The maximum absolute atomic E-state index is 11.7. The van der Waals surface area contributed by atoms with E-state index >= 15 is 0 Å². The Labute approximate surface area is 108 Å². The highest BCUT2D eigenvalue weighted by Crippen LogP contribution is 2.32. The Balaban J connectivity index is 2.37. The third-order valence-electron chi connectivity index (χ3n) is 3.43. The van der Waals surface area contributed by atoms with E-state index in [1.54, 1.807) is 7.11 Å². The number of nitrogens with one attached hydrogen (secondary N) is 1. The van der Waals surface area contributed by atoms with Crippen LogP contribution in [0.2, 0.25) is 0 Å². The molecule has 0 spiro atoms. The van der Waals surface area contributed by atoms with Crippen molar-refractivity contribution in [3.8, 4) is 5.75 Å². The van der Waals surface area contributed by atoms with E-state index in [9.17, 15) is 4.79 Å². The van der Waals surface area contributed by atoms with Gasteiger partial charge in [-0.05, 0) is 38.0 Å². The summed E-state index contributed by atoms with van der Waals surface area (Å²) in [6.45, 7) is 7.53. The van der Waals surface area contributed by atoms with Crippen molar-refractivity contribution >= 4 is 6.03 Å². The first-order valence-electron chi connectivity index (χ1n) is 6.27. The highest BCUT2D eigenvalue weighted by molar-refractivity contribution is 5.77. The summed E-state index contributed by atoms with van der Waals surface area (Å²) in [5.74, 6) is 0.857. The second kappa shape index (κ2) is 4.88. The van der Waals surface area contributed by atoms with Crippen LogP contribution in [0.25, 0.3) is 0 Å². The molecule has 2 rings (SSSR count). The van der Waals surface area contributed by atoms with Gasteiger partial charge < -0.3 is 15.0 Å². The number of carbonyl (C=O) groups excluding carboxylic acids is 1. The van der Waals surface area contributed by atoms with Gasteiger partial charge in [-0.2, -0.15) is 0 Å². The van der Waals surface area contributed by atoms with E-state index in [2.05, 4.69) is 18.3 Å². The van der Waals surface area contributed by atoms with Crippen LogP contribution in [0.5, 0.6) is 5.75 Å². The summed E-state index contributed by atoms with van der Waals surface area (Å²) in [7, 11) is 1.67. The van der Waals surface area contributed by atoms with Gasteiger partial charge in [0.1, 0.15) is 5.75 Å². The molecule has 4 heteroatoms. The van der Waals surface area contributed by atoms with Gasteiger partial charge in [0.2, 0.25) is 0 Å². The SMILES string of the molecule is CCN1CC(c2c(C)cc(C)cc2OC)NC1=O. The van der Waals surface area contributed by atoms with E-state index in [0.717, 1.165) is 23.4 Å². The minimum absolute atomic E-state index is 0.00419. The molecule has 0 radical (unpaired) electrons. The fourth-order valence-electron chi connectivity index (χ4n) is 2.58. The number of aryl methyl sites for hydroxylation is 2. The van der Waals surface area contributed by atoms with E-state index < -0.39 is 0 Å². The number of urea groups is 1. The maximum Gasteiger partial charge on any atom is 0.318 e. The molecule has 1 aliphatic heterocycles. The summed E-state index contributed by atoms with van der Waals surface area (Å²) in [6.07, 6.45) is 0. The molecular weight excluding hydrogens is 228 g/mol. The van der Waals surface area contributed by atoms with Crippen molar-refractivity contribution in [1.82, 2.24) is 10.2 Å². The van der Waals surface area contributed by atoms with Crippen molar-refractivity contribution in [3.63, 3.8) is 0 Å². The fraction of sp³-hybridized carbons (Fsp3) is 0.500. The molecule has 0 bridgehead atoms. The quantitative estimate of drug-likeness (QED) is 0.892. The lowest BCUT2D eigenvalue weighted by molar-refractivity contribution is 0.219.